The Hall–Kier alpha value is -2.32. The number of hydrogen-bond acceptors (Lipinski definition) is 3. The van der Waals surface area contributed by atoms with Crippen LogP contribution in [0.3, 0.4) is 0 Å². The molecule has 1 saturated heterocycles. The second-order valence-electron chi connectivity index (χ2n) is 5.43. The van der Waals surface area contributed by atoms with E-state index in [9.17, 15) is 22.0 Å². The van der Waals surface area contributed by atoms with Crippen LogP contribution in [0, 0.1) is 11.6 Å². The van der Waals surface area contributed by atoms with Crippen LogP contribution in [0.5, 0.6) is 0 Å². The van der Waals surface area contributed by atoms with E-state index in [1.807, 2.05) is 0 Å². The molecular formula is C16H14F2N2O3S. The maximum atomic E-state index is 13.7. The highest BCUT2D eigenvalue weighted by Gasteiger charge is 2.34. The molecule has 1 aliphatic rings. The maximum Gasteiger partial charge on any atom is 0.243 e. The van der Waals surface area contributed by atoms with E-state index in [1.165, 1.54) is 41.3 Å². The van der Waals surface area contributed by atoms with Crippen LogP contribution in [-0.2, 0) is 14.8 Å². The zero-order valence-corrected chi connectivity index (χ0v) is 13.3. The Labute approximate surface area is 138 Å². The van der Waals surface area contributed by atoms with Gasteiger partial charge in [0.05, 0.1) is 0 Å². The van der Waals surface area contributed by atoms with Gasteiger partial charge in [-0.05, 0) is 36.4 Å². The highest BCUT2D eigenvalue weighted by molar-refractivity contribution is 7.89. The second kappa shape index (κ2) is 6.29. The molecule has 1 heterocycles. The molecular weight excluding hydrogens is 338 g/mol. The van der Waals surface area contributed by atoms with Crippen LogP contribution in [0.25, 0.3) is 0 Å². The highest BCUT2D eigenvalue weighted by atomic mass is 32.2. The monoisotopic (exact) mass is 352 g/mol. The van der Waals surface area contributed by atoms with Gasteiger partial charge in [0.1, 0.15) is 16.5 Å². The number of halogens is 2. The van der Waals surface area contributed by atoms with E-state index in [0.717, 1.165) is 12.1 Å². The molecule has 0 saturated carbocycles. The second-order valence-corrected chi connectivity index (χ2v) is 7.12. The molecule has 1 unspecified atom stereocenters. The van der Waals surface area contributed by atoms with Gasteiger partial charge in [0, 0.05) is 24.7 Å². The summed E-state index contributed by atoms with van der Waals surface area (Å²) in [5.74, 6) is -1.57. The molecule has 1 aliphatic heterocycles. The molecule has 0 radical (unpaired) electrons. The number of sulfonamides is 1. The molecule has 0 spiro atoms. The summed E-state index contributed by atoms with van der Waals surface area (Å²) in [5.41, 5.74) is 0.481. The summed E-state index contributed by atoms with van der Waals surface area (Å²) in [6, 6.07) is 9.67. The molecule has 5 nitrogen and oxygen atoms in total. The van der Waals surface area contributed by atoms with Crippen molar-refractivity contribution in [2.24, 2.45) is 0 Å². The van der Waals surface area contributed by atoms with Gasteiger partial charge in [0.2, 0.25) is 15.9 Å². The van der Waals surface area contributed by atoms with Crippen molar-refractivity contribution in [1.82, 2.24) is 4.72 Å². The number of amides is 1. The molecule has 2 aromatic carbocycles. The normalized spacial score (nSPS) is 18.2. The van der Waals surface area contributed by atoms with Gasteiger partial charge in [-0.2, -0.15) is 0 Å². The number of carbonyl (C=O) groups excluding carboxylic acids is 1. The Kier molecular flexibility index (Phi) is 4.33. The molecule has 1 fully saturated rings. The number of rotatable bonds is 4. The van der Waals surface area contributed by atoms with E-state index in [0.29, 0.717) is 5.69 Å². The fraction of sp³-hybridized carbons (Fsp3) is 0.188. The third kappa shape index (κ3) is 3.29. The SMILES string of the molecule is O=C1CC(NS(=O)(=O)c2ccccc2F)CN1c1ccc(F)cc1. The fourth-order valence-electron chi connectivity index (χ4n) is 2.60. The van der Waals surface area contributed by atoms with Crippen molar-refractivity contribution in [3.63, 3.8) is 0 Å². The summed E-state index contributed by atoms with van der Waals surface area (Å²) < 4.78 is 53.5. The van der Waals surface area contributed by atoms with Crippen LogP contribution in [0.4, 0.5) is 14.5 Å². The van der Waals surface area contributed by atoms with Crippen molar-refractivity contribution in [2.45, 2.75) is 17.4 Å². The lowest BCUT2D eigenvalue weighted by atomic mass is 10.3. The van der Waals surface area contributed by atoms with Crippen LogP contribution in [0.15, 0.2) is 53.4 Å². The number of hydrogen-bond donors (Lipinski definition) is 1. The van der Waals surface area contributed by atoms with Crippen LogP contribution in [-0.4, -0.2) is 26.9 Å². The van der Waals surface area contributed by atoms with Crippen molar-refractivity contribution in [3.05, 3.63) is 60.2 Å². The summed E-state index contributed by atoms with van der Waals surface area (Å²) in [4.78, 5) is 13.0. The summed E-state index contributed by atoms with van der Waals surface area (Å²) in [6.07, 6.45) is -0.0505. The van der Waals surface area contributed by atoms with Crippen molar-refractivity contribution >= 4 is 21.6 Å². The number of nitrogens with zero attached hydrogens (tertiary/aromatic N) is 1. The summed E-state index contributed by atoms with van der Waals surface area (Å²) >= 11 is 0. The number of benzene rings is 2. The van der Waals surface area contributed by atoms with E-state index in [4.69, 9.17) is 0 Å². The number of carbonyl (C=O) groups is 1. The van der Waals surface area contributed by atoms with Gasteiger partial charge in [-0.25, -0.2) is 21.9 Å². The van der Waals surface area contributed by atoms with E-state index in [1.54, 1.807) is 0 Å². The largest absolute Gasteiger partial charge is 0.311 e. The summed E-state index contributed by atoms with van der Waals surface area (Å²) in [7, 11) is -4.07. The predicted molar refractivity (Wildman–Crippen MR) is 83.9 cm³/mol. The zero-order chi connectivity index (χ0) is 17.3. The van der Waals surface area contributed by atoms with Gasteiger partial charge in [0.25, 0.3) is 0 Å². The molecule has 0 aliphatic carbocycles. The lowest BCUT2D eigenvalue weighted by Crippen LogP contribution is -2.37. The van der Waals surface area contributed by atoms with Crippen LogP contribution < -0.4 is 9.62 Å². The first-order valence-corrected chi connectivity index (χ1v) is 8.68. The Morgan fingerprint density at radius 2 is 1.71 bits per heavy atom. The van der Waals surface area contributed by atoms with Crippen LogP contribution in [0.2, 0.25) is 0 Å². The standard InChI is InChI=1S/C16H14F2N2O3S/c17-11-5-7-13(8-6-11)20-10-12(9-16(20)21)19-24(22,23)15-4-2-1-3-14(15)18/h1-8,12,19H,9-10H2. The van der Waals surface area contributed by atoms with Gasteiger partial charge in [-0.3, -0.25) is 4.79 Å². The molecule has 1 amide bonds. The number of anilines is 1. The lowest BCUT2D eigenvalue weighted by Gasteiger charge is -2.17. The lowest BCUT2D eigenvalue weighted by molar-refractivity contribution is -0.117. The minimum atomic E-state index is -4.07. The molecule has 2 aromatic rings. The Morgan fingerprint density at radius 3 is 2.38 bits per heavy atom. The van der Waals surface area contributed by atoms with Crippen molar-refractivity contribution in [3.8, 4) is 0 Å². The molecule has 1 atom stereocenters. The van der Waals surface area contributed by atoms with E-state index < -0.39 is 32.6 Å². The Morgan fingerprint density at radius 1 is 1.04 bits per heavy atom. The molecule has 3 rings (SSSR count). The first kappa shape index (κ1) is 16.5. The number of nitrogens with one attached hydrogen (secondary N) is 1. The zero-order valence-electron chi connectivity index (χ0n) is 12.4. The fourth-order valence-corrected chi connectivity index (χ4v) is 3.91. The van der Waals surface area contributed by atoms with Gasteiger partial charge in [0.15, 0.2) is 0 Å². The summed E-state index contributed by atoms with van der Waals surface area (Å²) in [6.45, 7) is 0.0954. The first-order valence-electron chi connectivity index (χ1n) is 7.19. The first-order chi connectivity index (χ1) is 11.4. The molecule has 126 valence electrons. The van der Waals surface area contributed by atoms with Gasteiger partial charge in [-0.15, -0.1) is 0 Å². The van der Waals surface area contributed by atoms with Crippen LogP contribution >= 0.6 is 0 Å². The minimum absolute atomic E-state index is 0.0505. The molecule has 24 heavy (non-hydrogen) atoms. The maximum absolute atomic E-state index is 13.7. The quantitative estimate of drug-likeness (QED) is 0.916. The van der Waals surface area contributed by atoms with Crippen LogP contribution in [0.1, 0.15) is 6.42 Å². The molecule has 1 N–H and O–H groups in total. The summed E-state index contributed by atoms with van der Waals surface area (Å²) in [5, 5.41) is 0. The Bertz CT molecular complexity index is 869. The van der Waals surface area contributed by atoms with Crippen molar-refractivity contribution in [1.29, 1.82) is 0 Å². The molecule has 0 aromatic heterocycles. The third-order valence-corrected chi connectivity index (χ3v) is 5.27. The average Bonchev–Trinajstić information content (AvgIpc) is 2.88. The van der Waals surface area contributed by atoms with E-state index in [2.05, 4.69) is 4.72 Å². The Balaban J connectivity index is 1.77. The smallest absolute Gasteiger partial charge is 0.243 e. The molecule has 8 heteroatoms. The van der Waals surface area contributed by atoms with Crippen molar-refractivity contribution in [2.75, 3.05) is 11.4 Å². The van der Waals surface area contributed by atoms with Gasteiger partial charge in [-0.1, -0.05) is 12.1 Å². The van der Waals surface area contributed by atoms with E-state index in [-0.39, 0.29) is 18.9 Å². The van der Waals surface area contributed by atoms with Gasteiger partial charge < -0.3 is 4.90 Å². The molecule has 0 bridgehead atoms. The van der Waals surface area contributed by atoms with Crippen molar-refractivity contribution < 1.29 is 22.0 Å². The predicted octanol–water partition coefficient (Wildman–Crippen LogP) is 2.05. The minimum Gasteiger partial charge on any atom is -0.311 e. The average molecular weight is 352 g/mol. The topological polar surface area (TPSA) is 66.5 Å². The van der Waals surface area contributed by atoms with Gasteiger partial charge >= 0.3 is 0 Å². The highest BCUT2D eigenvalue weighted by Crippen LogP contribution is 2.23. The third-order valence-electron chi connectivity index (χ3n) is 3.71. The van der Waals surface area contributed by atoms with E-state index >= 15 is 0 Å².